The highest BCUT2D eigenvalue weighted by atomic mass is 79.9. The van der Waals surface area contributed by atoms with E-state index in [9.17, 15) is 4.79 Å². The molecule has 1 aromatic rings. The molecule has 5 heteroatoms. The molecule has 1 heterocycles. The van der Waals surface area contributed by atoms with E-state index in [4.69, 9.17) is 4.42 Å². The van der Waals surface area contributed by atoms with E-state index >= 15 is 0 Å². The van der Waals surface area contributed by atoms with Crippen molar-refractivity contribution in [2.75, 3.05) is 0 Å². The third kappa shape index (κ3) is 2.69. The molecular weight excluding hydrogens is 236 g/mol. The van der Waals surface area contributed by atoms with Crippen LogP contribution in [0.3, 0.4) is 0 Å². The van der Waals surface area contributed by atoms with Gasteiger partial charge in [-0.1, -0.05) is 0 Å². The van der Waals surface area contributed by atoms with Crippen LogP contribution < -0.4 is 5.43 Å². The summed E-state index contributed by atoms with van der Waals surface area (Å²) in [5.74, 6) is 0.413. The third-order valence-electron chi connectivity index (χ3n) is 1.33. The van der Waals surface area contributed by atoms with Gasteiger partial charge in [0, 0.05) is 6.92 Å². The summed E-state index contributed by atoms with van der Waals surface area (Å²) in [4.78, 5) is 10.5. The SMILES string of the molecule is CC(=O)N/N=C(/C)c1occc1Br. The molecule has 0 aromatic carbocycles. The van der Waals surface area contributed by atoms with E-state index in [1.807, 2.05) is 0 Å². The maximum Gasteiger partial charge on any atom is 0.236 e. The molecule has 0 fully saturated rings. The van der Waals surface area contributed by atoms with Crippen molar-refractivity contribution in [1.29, 1.82) is 0 Å². The molecule has 1 amide bonds. The van der Waals surface area contributed by atoms with Crippen LogP contribution in [0.15, 0.2) is 26.3 Å². The molecule has 13 heavy (non-hydrogen) atoms. The average Bonchev–Trinajstić information content (AvgIpc) is 2.47. The number of carbonyl (C=O) groups excluding carboxylic acids is 1. The fraction of sp³-hybridized carbons (Fsp3) is 0.250. The van der Waals surface area contributed by atoms with Gasteiger partial charge in [-0.15, -0.1) is 0 Å². The van der Waals surface area contributed by atoms with Crippen LogP contribution in [0.25, 0.3) is 0 Å². The molecule has 0 aliphatic carbocycles. The second kappa shape index (κ2) is 4.23. The molecule has 0 saturated carbocycles. The summed E-state index contributed by atoms with van der Waals surface area (Å²) in [5, 5.41) is 3.82. The summed E-state index contributed by atoms with van der Waals surface area (Å²) < 4.78 is 5.95. The molecule has 4 nitrogen and oxygen atoms in total. The van der Waals surface area contributed by atoms with Crippen molar-refractivity contribution in [1.82, 2.24) is 5.43 Å². The van der Waals surface area contributed by atoms with E-state index < -0.39 is 0 Å². The third-order valence-corrected chi connectivity index (χ3v) is 1.95. The maximum absolute atomic E-state index is 10.5. The van der Waals surface area contributed by atoms with E-state index in [2.05, 4.69) is 26.5 Å². The molecule has 0 saturated heterocycles. The topological polar surface area (TPSA) is 54.6 Å². The summed E-state index contributed by atoms with van der Waals surface area (Å²) >= 11 is 3.29. The van der Waals surface area contributed by atoms with Gasteiger partial charge < -0.3 is 4.42 Å². The van der Waals surface area contributed by atoms with Gasteiger partial charge in [-0.05, 0) is 28.9 Å². The van der Waals surface area contributed by atoms with Crippen LogP contribution in [-0.4, -0.2) is 11.6 Å². The Morgan fingerprint density at radius 3 is 2.77 bits per heavy atom. The number of nitrogens with zero attached hydrogens (tertiary/aromatic N) is 1. The Bertz CT molecular complexity index is 344. The largest absolute Gasteiger partial charge is 0.462 e. The Kier molecular flexibility index (Phi) is 3.25. The Hall–Kier alpha value is -1.10. The number of furan rings is 1. The predicted molar refractivity (Wildman–Crippen MR) is 52.4 cm³/mol. The van der Waals surface area contributed by atoms with Gasteiger partial charge in [0.05, 0.1) is 10.7 Å². The monoisotopic (exact) mass is 244 g/mol. The first-order valence-electron chi connectivity index (χ1n) is 3.65. The second-order valence-corrected chi connectivity index (χ2v) is 3.32. The minimum Gasteiger partial charge on any atom is -0.462 e. The molecule has 0 atom stereocenters. The number of hydrogen-bond acceptors (Lipinski definition) is 3. The Balaban J connectivity index is 2.78. The number of halogens is 1. The molecule has 1 rings (SSSR count). The van der Waals surface area contributed by atoms with Gasteiger partial charge >= 0.3 is 0 Å². The standard InChI is InChI=1S/C8H9BrN2O2/c1-5(10-11-6(2)12)8-7(9)3-4-13-8/h3-4H,1-2H3,(H,11,12)/b10-5-. The lowest BCUT2D eigenvalue weighted by Crippen LogP contribution is -2.14. The van der Waals surface area contributed by atoms with Gasteiger partial charge in [-0.25, -0.2) is 5.43 Å². The van der Waals surface area contributed by atoms with Crippen molar-refractivity contribution < 1.29 is 9.21 Å². The first-order valence-corrected chi connectivity index (χ1v) is 4.45. The summed E-state index contributed by atoms with van der Waals surface area (Å²) in [7, 11) is 0. The van der Waals surface area contributed by atoms with Gasteiger partial charge in [0.2, 0.25) is 5.91 Å². The maximum atomic E-state index is 10.5. The molecular formula is C8H9BrN2O2. The Labute approximate surface area is 84.1 Å². The van der Waals surface area contributed by atoms with Crippen LogP contribution in [0.4, 0.5) is 0 Å². The van der Waals surface area contributed by atoms with Crippen LogP contribution in [0.1, 0.15) is 19.6 Å². The number of hydrazone groups is 1. The molecule has 0 unspecified atom stereocenters. The van der Waals surface area contributed by atoms with Crippen molar-refractivity contribution in [2.45, 2.75) is 13.8 Å². The van der Waals surface area contributed by atoms with Gasteiger partial charge in [0.25, 0.3) is 0 Å². The van der Waals surface area contributed by atoms with Crippen molar-refractivity contribution in [3.63, 3.8) is 0 Å². The smallest absolute Gasteiger partial charge is 0.236 e. The number of carbonyl (C=O) groups is 1. The summed E-state index contributed by atoms with van der Waals surface area (Å²) in [5.41, 5.74) is 2.95. The van der Waals surface area contributed by atoms with E-state index in [0.717, 1.165) is 4.47 Å². The lowest BCUT2D eigenvalue weighted by atomic mass is 10.3. The zero-order chi connectivity index (χ0) is 9.84. The molecule has 1 aromatic heterocycles. The minimum atomic E-state index is -0.206. The quantitative estimate of drug-likeness (QED) is 0.639. The predicted octanol–water partition coefficient (Wildman–Crippen LogP) is 1.90. The van der Waals surface area contributed by atoms with E-state index in [1.54, 1.807) is 19.3 Å². The average molecular weight is 245 g/mol. The van der Waals surface area contributed by atoms with Crippen LogP contribution in [0.2, 0.25) is 0 Å². The zero-order valence-corrected chi connectivity index (χ0v) is 8.88. The lowest BCUT2D eigenvalue weighted by Gasteiger charge is -1.96. The van der Waals surface area contributed by atoms with Gasteiger partial charge in [-0.2, -0.15) is 5.10 Å². The van der Waals surface area contributed by atoms with Crippen LogP contribution in [0, 0.1) is 0 Å². The summed E-state index contributed by atoms with van der Waals surface area (Å²) in [6, 6.07) is 1.77. The van der Waals surface area contributed by atoms with Crippen LogP contribution in [0.5, 0.6) is 0 Å². The van der Waals surface area contributed by atoms with Gasteiger partial charge in [0.1, 0.15) is 5.71 Å². The number of amides is 1. The van der Waals surface area contributed by atoms with Crippen LogP contribution in [-0.2, 0) is 4.79 Å². The molecule has 0 aliphatic heterocycles. The van der Waals surface area contributed by atoms with Crippen molar-refractivity contribution in [3.8, 4) is 0 Å². The fourth-order valence-corrected chi connectivity index (χ4v) is 1.25. The second-order valence-electron chi connectivity index (χ2n) is 2.46. The zero-order valence-electron chi connectivity index (χ0n) is 7.30. The molecule has 0 radical (unpaired) electrons. The molecule has 70 valence electrons. The van der Waals surface area contributed by atoms with Crippen molar-refractivity contribution >= 4 is 27.5 Å². The van der Waals surface area contributed by atoms with E-state index in [1.165, 1.54) is 6.92 Å². The van der Waals surface area contributed by atoms with Gasteiger partial charge in [0.15, 0.2) is 5.76 Å². The fourth-order valence-electron chi connectivity index (χ4n) is 0.765. The van der Waals surface area contributed by atoms with Crippen molar-refractivity contribution in [3.05, 3.63) is 22.6 Å². The summed E-state index contributed by atoms with van der Waals surface area (Å²) in [6.45, 7) is 3.15. The number of nitrogens with one attached hydrogen (secondary N) is 1. The highest BCUT2D eigenvalue weighted by Crippen LogP contribution is 2.17. The Morgan fingerprint density at radius 1 is 1.62 bits per heavy atom. The molecule has 1 N–H and O–H groups in total. The highest BCUT2D eigenvalue weighted by molar-refractivity contribution is 9.10. The normalized spacial score (nSPS) is 11.5. The first-order chi connectivity index (χ1) is 6.11. The van der Waals surface area contributed by atoms with Gasteiger partial charge in [-0.3, -0.25) is 4.79 Å². The molecule has 0 aliphatic rings. The molecule has 0 bridgehead atoms. The lowest BCUT2D eigenvalue weighted by molar-refractivity contribution is -0.118. The Morgan fingerprint density at radius 2 is 2.31 bits per heavy atom. The van der Waals surface area contributed by atoms with Crippen molar-refractivity contribution in [2.24, 2.45) is 5.10 Å². The molecule has 0 spiro atoms. The highest BCUT2D eigenvalue weighted by Gasteiger charge is 2.06. The summed E-state index contributed by atoms with van der Waals surface area (Å²) in [6.07, 6.45) is 1.55. The van der Waals surface area contributed by atoms with E-state index in [-0.39, 0.29) is 5.91 Å². The van der Waals surface area contributed by atoms with Crippen LogP contribution >= 0.6 is 15.9 Å². The number of rotatable bonds is 2. The first kappa shape index (κ1) is 9.98. The number of hydrogen-bond donors (Lipinski definition) is 1. The van der Waals surface area contributed by atoms with E-state index in [0.29, 0.717) is 11.5 Å². The minimum absolute atomic E-state index is 0.206.